The maximum atomic E-state index is 10.7. The molecule has 0 aliphatic heterocycles. The molecule has 4 rings (SSSR count). The van der Waals surface area contributed by atoms with Crippen molar-refractivity contribution in [2.45, 2.75) is 31.7 Å². The molecule has 2 aromatic rings. The summed E-state index contributed by atoms with van der Waals surface area (Å²) in [5, 5.41) is 12.9. The van der Waals surface area contributed by atoms with Gasteiger partial charge >= 0.3 is 0 Å². The third-order valence-corrected chi connectivity index (χ3v) is 4.88. The quantitative estimate of drug-likeness (QED) is 0.633. The predicted molar refractivity (Wildman–Crippen MR) is 93.7 cm³/mol. The van der Waals surface area contributed by atoms with Gasteiger partial charge in [0.25, 0.3) is 0 Å². The molecule has 2 aliphatic rings. The van der Waals surface area contributed by atoms with Crippen molar-refractivity contribution in [1.82, 2.24) is 15.3 Å². The summed E-state index contributed by atoms with van der Waals surface area (Å²) in [5.74, 6) is 0.516. The Hall–Kier alpha value is -2.56. The number of carbonyl (C=O) groups excluding carboxylic acids is 1. The zero-order chi connectivity index (χ0) is 16.5. The van der Waals surface area contributed by atoms with Crippen molar-refractivity contribution < 1.29 is 4.79 Å². The topological polar surface area (TPSA) is 78.7 Å². The number of allylic oxidation sites excluding steroid dienone is 1. The van der Waals surface area contributed by atoms with Gasteiger partial charge in [0.15, 0.2) is 0 Å². The minimum absolute atomic E-state index is 0.180. The van der Waals surface area contributed by atoms with Crippen LogP contribution in [0.1, 0.15) is 31.4 Å². The minimum Gasteiger partial charge on any atom is -0.388 e. The number of hydrogen-bond acceptors (Lipinski definition) is 5. The second kappa shape index (κ2) is 6.15. The summed E-state index contributed by atoms with van der Waals surface area (Å²) in [6.07, 6.45) is 10.4. The van der Waals surface area contributed by atoms with Gasteiger partial charge in [-0.2, -0.15) is 0 Å². The maximum absolute atomic E-state index is 10.7. The SMILES string of the molecule is N=C(/C(=C\NC1CC(C=O)C1)c1nccc2cccnc12)C1CC1. The van der Waals surface area contributed by atoms with Gasteiger partial charge in [0.05, 0.1) is 11.2 Å². The Bertz CT molecular complexity index is 814. The largest absolute Gasteiger partial charge is 0.388 e. The number of pyridine rings is 2. The fraction of sp³-hybridized carbons (Fsp3) is 0.368. The molecule has 2 N–H and O–H groups in total. The van der Waals surface area contributed by atoms with Crippen molar-refractivity contribution in [3.63, 3.8) is 0 Å². The Morgan fingerprint density at radius 2 is 2.04 bits per heavy atom. The van der Waals surface area contributed by atoms with E-state index in [0.717, 1.165) is 54.1 Å². The zero-order valence-corrected chi connectivity index (χ0v) is 13.4. The molecule has 0 atom stereocenters. The second-order valence-electron chi connectivity index (χ2n) is 6.71. The van der Waals surface area contributed by atoms with E-state index in [1.807, 2.05) is 24.4 Å². The van der Waals surface area contributed by atoms with Crippen LogP contribution in [0.25, 0.3) is 16.5 Å². The smallest absolute Gasteiger partial charge is 0.123 e. The van der Waals surface area contributed by atoms with E-state index in [9.17, 15) is 4.79 Å². The third-order valence-electron chi connectivity index (χ3n) is 4.88. The van der Waals surface area contributed by atoms with Crippen LogP contribution in [0.5, 0.6) is 0 Å². The van der Waals surface area contributed by atoms with E-state index in [0.29, 0.717) is 17.7 Å². The number of nitrogens with one attached hydrogen (secondary N) is 2. The molecule has 0 spiro atoms. The van der Waals surface area contributed by atoms with Gasteiger partial charge in [-0.15, -0.1) is 0 Å². The van der Waals surface area contributed by atoms with Gasteiger partial charge in [-0.3, -0.25) is 9.97 Å². The molecule has 2 heterocycles. The summed E-state index contributed by atoms with van der Waals surface area (Å²) < 4.78 is 0. The first-order valence-electron chi connectivity index (χ1n) is 8.46. The summed E-state index contributed by atoms with van der Waals surface area (Å²) in [7, 11) is 0. The fourth-order valence-electron chi connectivity index (χ4n) is 3.18. The molecule has 0 amide bonds. The lowest BCUT2D eigenvalue weighted by atomic mass is 9.81. The molecule has 0 bridgehead atoms. The number of nitrogens with zero attached hydrogens (tertiary/aromatic N) is 2. The number of aromatic nitrogens is 2. The van der Waals surface area contributed by atoms with Crippen molar-refractivity contribution in [3.8, 4) is 0 Å². The Morgan fingerprint density at radius 3 is 2.79 bits per heavy atom. The number of fused-ring (bicyclic) bond motifs is 1. The Morgan fingerprint density at radius 1 is 1.21 bits per heavy atom. The van der Waals surface area contributed by atoms with E-state index in [1.165, 1.54) is 0 Å². The molecule has 2 fully saturated rings. The lowest BCUT2D eigenvalue weighted by molar-refractivity contribution is -0.113. The summed E-state index contributed by atoms with van der Waals surface area (Å²) in [5.41, 5.74) is 3.07. The molecule has 5 heteroatoms. The van der Waals surface area contributed by atoms with Crippen LogP contribution in [-0.4, -0.2) is 28.0 Å². The van der Waals surface area contributed by atoms with Crippen LogP contribution in [0.2, 0.25) is 0 Å². The van der Waals surface area contributed by atoms with Crippen LogP contribution in [0.3, 0.4) is 0 Å². The first kappa shape index (κ1) is 15.0. The Balaban J connectivity index is 1.67. The standard InChI is InChI=1S/C19H20N4O/c20-17(13-3-4-13)16(10-23-15-8-12(9-15)11-24)19-18-14(5-7-22-19)2-1-6-21-18/h1-2,5-7,10-13,15,20,23H,3-4,8-9H2/b16-10+,20-17?. The average Bonchev–Trinajstić information content (AvgIpc) is 3.41. The lowest BCUT2D eigenvalue weighted by Gasteiger charge is -2.32. The molecule has 2 aliphatic carbocycles. The first-order valence-corrected chi connectivity index (χ1v) is 8.46. The van der Waals surface area contributed by atoms with Crippen LogP contribution >= 0.6 is 0 Å². The Kier molecular flexibility index (Phi) is 3.84. The van der Waals surface area contributed by atoms with E-state index < -0.39 is 0 Å². The highest BCUT2D eigenvalue weighted by atomic mass is 16.1. The molecule has 24 heavy (non-hydrogen) atoms. The molecule has 122 valence electrons. The number of hydrogen-bond donors (Lipinski definition) is 2. The average molecular weight is 320 g/mol. The van der Waals surface area contributed by atoms with Crippen molar-refractivity contribution >= 4 is 28.5 Å². The van der Waals surface area contributed by atoms with E-state index >= 15 is 0 Å². The molecular weight excluding hydrogens is 300 g/mol. The Labute approximate surface area is 140 Å². The molecule has 2 aromatic heterocycles. The van der Waals surface area contributed by atoms with Crippen LogP contribution in [0.15, 0.2) is 36.8 Å². The van der Waals surface area contributed by atoms with Crippen molar-refractivity contribution in [3.05, 3.63) is 42.5 Å². The van der Waals surface area contributed by atoms with Crippen LogP contribution in [0, 0.1) is 17.2 Å². The van der Waals surface area contributed by atoms with Gasteiger partial charge in [-0.05, 0) is 37.8 Å². The van der Waals surface area contributed by atoms with Crippen molar-refractivity contribution in [1.29, 1.82) is 5.41 Å². The molecule has 5 nitrogen and oxygen atoms in total. The van der Waals surface area contributed by atoms with Crippen LogP contribution < -0.4 is 5.32 Å². The minimum atomic E-state index is 0.180. The lowest BCUT2D eigenvalue weighted by Crippen LogP contribution is -2.39. The summed E-state index contributed by atoms with van der Waals surface area (Å²) in [6, 6.07) is 6.18. The van der Waals surface area contributed by atoms with Crippen LogP contribution in [0.4, 0.5) is 0 Å². The van der Waals surface area contributed by atoms with Crippen molar-refractivity contribution in [2.24, 2.45) is 11.8 Å². The fourth-order valence-corrected chi connectivity index (χ4v) is 3.18. The van der Waals surface area contributed by atoms with E-state index in [1.54, 1.807) is 12.4 Å². The first-order chi connectivity index (χ1) is 11.8. The van der Waals surface area contributed by atoms with Gasteiger partial charge in [0.1, 0.15) is 6.29 Å². The van der Waals surface area contributed by atoms with E-state index in [4.69, 9.17) is 5.41 Å². The van der Waals surface area contributed by atoms with Gasteiger partial charge in [0.2, 0.25) is 0 Å². The summed E-state index contributed by atoms with van der Waals surface area (Å²) >= 11 is 0. The summed E-state index contributed by atoms with van der Waals surface area (Å²) in [6.45, 7) is 0. The van der Waals surface area contributed by atoms with Gasteiger partial charge < -0.3 is 15.5 Å². The predicted octanol–water partition coefficient (Wildman–Crippen LogP) is 2.97. The highest BCUT2D eigenvalue weighted by molar-refractivity contribution is 6.25. The highest BCUT2D eigenvalue weighted by Crippen LogP contribution is 2.36. The van der Waals surface area contributed by atoms with Gasteiger partial charge in [-0.25, -0.2) is 0 Å². The molecule has 0 aromatic carbocycles. The number of aldehydes is 1. The molecule has 0 radical (unpaired) electrons. The maximum Gasteiger partial charge on any atom is 0.123 e. The molecule has 0 saturated heterocycles. The monoisotopic (exact) mass is 320 g/mol. The van der Waals surface area contributed by atoms with Gasteiger partial charge in [0, 0.05) is 53.1 Å². The molecule has 2 saturated carbocycles. The number of rotatable bonds is 6. The summed E-state index contributed by atoms with van der Waals surface area (Å²) in [4.78, 5) is 19.7. The van der Waals surface area contributed by atoms with Crippen molar-refractivity contribution in [2.75, 3.05) is 0 Å². The van der Waals surface area contributed by atoms with E-state index in [2.05, 4.69) is 15.3 Å². The molecule has 0 unspecified atom stereocenters. The van der Waals surface area contributed by atoms with Gasteiger partial charge in [-0.1, -0.05) is 6.07 Å². The van der Waals surface area contributed by atoms with Crippen LogP contribution in [-0.2, 0) is 4.79 Å². The second-order valence-corrected chi connectivity index (χ2v) is 6.71. The zero-order valence-electron chi connectivity index (χ0n) is 13.4. The van der Waals surface area contributed by atoms with E-state index in [-0.39, 0.29) is 5.92 Å². The highest BCUT2D eigenvalue weighted by Gasteiger charge is 2.31. The molecular formula is C19H20N4O. The number of carbonyl (C=O) groups is 1. The normalized spacial score (nSPS) is 23.6. The third kappa shape index (κ3) is 2.82.